The minimum Gasteiger partial charge on any atom is -0.508 e. The van der Waals surface area contributed by atoms with Crippen molar-refractivity contribution in [3.8, 4) is 5.75 Å². The van der Waals surface area contributed by atoms with Gasteiger partial charge in [-0.15, -0.1) is 0 Å². The Morgan fingerprint density at radius 3 is 2.31 bits per heavy atom. The zero-order valence-electron chi connectivity index (χ0n) is 14.7. The molecule has 1 fully saturated rings. The van der Waals surface area contributed by atoms with Crippen molar-refractivity contribution >= 4 is 5.69 Å². The van der Waals surface area contributed by atoms with E-state index < -0.39 is 17.7 Å². The van der Waals surface area contributed by atoms with E-state index in [0.29, 0.717) is 5.69 Å². The molecule has 1 aliphatic heterocycles. The van der Waals surface area contributed by atoms with Gasteiger partial charge in [-0.2, -0.15) is 0 Å². The number of hydrogen-bond acceptors (Lipinski definition) is 4. The lowest BCUT2D eigenvalue weighted by molar-refractivity contribution is 0.126. The average molecular weight is 362 g/mol. The Hall–Kier alpha value is -2.18. The molecule has 1 aliphatic rings. The third kappa shape index (κ3) is 4.31. The van der Waals surface area contributed by atoms with E-state index in [1.165, 1.54) is 6.07 Å². The van der Waals surface area contributed by atoms with E-state index in [1.807, 2.05) is 11.8 Å². The van der Waals surface area contributed by atoms with Crippen LogP contribution >= 0.6 is 0 Å². The zero-order valence-corrected chi connectivity index (χ0v) is 14.7. The van der Waals surface area contributed by atoms with Crippen LogP contribution in [0.5, 0.6) is 5.75 Å². The summed E-state index contributed by atoms with van der Waals surface area (Å²) in [6, 6.07) is 10.7. The number of nitrogens with zero attached hydrogens (tertiary/aromatic N) is 1. The van der Waals surface area contributed by atoms with Crippen molar-refractivity contribution in [2.24, 2.45) is 0 Å². The van der Waals surface area contributed by atoms with Gasteiger partial charge in [-0.1, -0.05) is 12.1 Å². The van der Waals surface area contributed by atoms with E-state index in [4.69, 9.17) is 0 Å². The van der Waals surface area contributed by atoms with E-state index in [9.17, 15) is 19.0 Å². The highest BCUT2D eigenvalue weighted by atomic mass is 19.2. The molecule has 2 atom stereocenters. The fraction of sp³-hybridized carbons (Fsp3) is 0.400. The maximum Gasteiger partial charge on any atom is 0.160 e. The van der Waals surface area contributed by atoms with Gasteiger partial charge in [0.1, 0.15) is 5.75 Å². The molecular weight excluding hydrogens is 338 g/mol. The molecular formula is C20H24F2N2O2. The third-order valence-electron chi connectivity index (χ3n) is 4.97. The molecule has 4 nitrogen and oxygen atoms in total. The first-order valence-electron chi connectivity index (χ1n) is 8.87. The van der Waals surface area contributed by atoms with Crippen LogP contribution in [0.25, 0.3) is 0 Å². The number of piperidine rings is 1. The summed E-state index contributed by atoms with van der Waals surface area (Å²) in [5.41, 5.74) is 1.45. The third-order valence-corrected chi connectivity index (χ3v) is 4.97. The number of phenols is 1. The normalized spacial score (nSPS) is 17.9. The summed E-state index contributed by atoms with van der Waals surface area (Å²) in [6.45, 7) is 3.41. The first-order chi connectivity index (χ1) is 12.4. The number of nitrogens with one attached hydrogen (secondary N) is 1. The number of aliphatic hydroxyl groups excluding tert-OH is 1. The molecule has 2 aromatic rings. The second kappa shape index (κ2) is 8.01. The van der Waals surface area contributed by atoms with Crippen LogP contribution in [-0.4, -0.2) is 35.4 Å². The molecule has 0 amide bonds. The Morgan fingerprint density at radius 1 is 1.04 bits per heavy atom. The first kappa shape index (κ1) is 18.6. The molecule has 0 bridgehead atoms. The summed E-state index contributed by atoms with van der Waals surface area (Å²) >= 11 is 0. The average Bonchev–Trinajstić information content (AvgIpc) is 2.64. The Labute approximate surface area is 152 Å². The highest BCUT2D eigenvalue weighted by Crippen LogP contribution is 2.24. The van der Waals surface area contributed by atoms with Crippen LogP contribution in [0.15, 0.2) is 42.5 Å². The molecule has 2 aromatic carbocycles. The Balaban J connectivity index is 1.53. The lowest BCUT2D eigenvalue weighted by Gasteiger charge is -2.36. The molecule has 0 spiro atoms. The minimum atomic E-state index is -0.831. The molecule has 26 heavy (non-hydrogen) atoms. The van der Waals surface area contributed by atoms with Gasteiger partial charge in [0.2, 0.25) is 0 Å². The first-order valence-corrected chi connectivity index (χ1v) is 8.87. The number of halogens is 2. The molecule has 3 N–H and O–H groups in total. The van der Waals surface area contributed by atoms with Crippen molar-refractivity contribution in [1.29, 1.82) is 0 Å². The van der Waals surface area contributed by atoms with Crippen molar-refractivity contribution in [3.63, 3.8) is 0 Å². The summed E-state index contributed by atoms with van der Waals surface area (Å²) in [5.74, 6) is -1.48. The Morgan fingerprint density at radius 2 is 1.69 bits per heavy atom. The van der Waals surface area contributed by atoms with Crippen LogP contribution < -0.4 is 10.2 Å². The van der Waals surface area contributed by atoms with Crippen molar-refractivity contribution in [2.45, 2.75) is 38.0 Å². The Bertz CT molecular complexity index is 731. The summed E-state index contributed by atoms with van der Waals surface area (Å²) < 4.78 is 26.5. The molecule has 1 heterocycles. The zero-order chi connectivity index (χ0) is 18.7. The van der Waals surface area contributed by atoms with Crippen LogP contribution in [0, 0.1) is 11.6 Å². The second-order valence-electron chi connectivity index (χ2n) is 6.85. The lowest BCUT2D eigenvalue weighted by atomic mass is 9.99. The molecule has 0 aromatic heterocycles. The maximum atomic E-state index is 13.4. The van der Waals surface area contributed by atoms with Gasteiger partial charge in [0.15, 0.2) is 11.6 Å². The van der Waals surface area contributed by atoms with E-state index >= 15 is 0 Å². The molecule has 0 radical (unpaired) electrons. The van der Waals surface area contributed by atoms with Gasteiger partial charge < -0.3 is 20.4 Å². The maximum absolute atomic E-state index is 13.4. The van der Waals surface area contributed by atoms with Crippen molar-refractivity contribution in [1.82, 2.24) is 5.32 Å². The number of hydrogen-bond donors (Lipinski definition) is 3. The van der Waals surface area contributed by atoms with Gasteiger partial charge in [0.25, 0.3) is 0 Å². The van der Waals surface area contributed by atoms with Crippen LogP contribution in [0.3, 0.4) is 0 Å². The summed E-state index contributed by atoms with van der Waals surface area (Å²) in [4.78, 5) is 2.04. The standard InChI is InChI=1S/C20H24F2N2O2/c1-13(20(26)14-2-5-17(25)6-3-14)23-15-8-10-24(11-9-15)16-4-7-18(21)19(22)12-16/h2-7,12-13,15,20,23,25-26H,8-11H2,1H3. The van der Waals surface area contributed by atoms with Crippen LogP contribution in [0.1, 0.15) is 31.4 Å². The molecule has 3 rings (SSSR count). The molecule has 140 valence electrons. The predicted molar refractivity (Wildman–Crippen MR) is 97.3 cm³/mol. The van der Waals surface area contributed by atoms with Gasteiger partial charge in [0, 0.05) is 36.9 Å². The predicted octanol–water partition coefficient (Wildman–Crippen LogP) is 3.35. The number of aromatic hydroxyl groups is 1. The largest absolute Gasteiger partial charge is 0.508 e. The van der Waals surface area contributed by atoms with Crippen molar-refractivity contribution in [3.05, 3.63) is 59.7 Å². The molecule has 0 aliphatic carbocycles. The molecule has 0 saturated carbocycles. The van der Waals surface area contributed by atoms with Crippen LogP contribution in [0.4, 0.5) is 14.5 Å². The lowest BCUT2D eigenvalue weighted by Crippen LogP contribution is -2.47. The summed E-state index contributed by atoms with van der Waals surface area (Å²) in [7, 11) is 0. The number of aliphatic hydroxyl groups is 1. The highest BCUT2D eigenvalue weighted by molar-refractivity contribution is 5.47. The summed E-state index contributed by atoms with van der Waals surface area (Å²) in [5, 5.41) is 23.3. The second-order valence-corrected chi connectivity index (χ2v) is 6.85. The number of rotatable bonds is 5. The van der Waals surface area contributed by atoms with Crippen LogP contribution in [-0.2, 0) is 0 Å². The Kier molecular flexibility index (Phi) is 5.74. The highest BCUT2D eigenvalue weighted by Gasteiger charge is 2.24. The summed E-state index contributed by atoms with van der Waals surface area (Å²) in [6.07, 6.45) is 1.04. The molecule has 6 heteroatoms. The van der Waals surface area contributed by atoms with E-state index in [0.717, 1.165) is 37.6 Å². The number of benzene rings is 2. The van der Waals surface area contributed by atoms with Crippen LogP contribution in [0.2, 0.25) is 0 Å². The van der Waals surface area contributed by atoms with Gasteiger partial charge in [-0.05, 0) is 49.6 Å². The fourth-order valence-electron chi connectivity index (χ4n) is 3.41. The van der Waals surface area contributed by atoms with Gasteiger partial charge in [-0.3, -0.25) is 0 Å². The smallest absolute Gasteiger partial charge is 0.160 e. The van der Waals surface area contributed by atoms with E-state index in [2.05, 4.69) is 5.32 Å². The van der Waals surface area contributed by atoms with E-state index in [1.54, 1.807) is 30.3 Å². The van der Waals surface area contributed by atoms with Crippen molar-refractivity contribution < 1.29 is 19.0 Å². The number of anilines is 1. The minimum absolute atomic E-state index is 0.139. The quantitative estimate of drug-likeness (QED) is 0.764. The fourth-order valence-corrected chi connectivity index (χ4v) is 3.41. The van der Waals surface area contributed by atoms with Gasteiger partial charge >= 0.3 is 0 Å². The molecule has 2 unspecified atom stereocenters. The number of phenolic OH excluding ortho intramolecular Hbond substituents is 1. The molecule has 1 saturated heterocycles. The topological polar surface area (TPSA) is 55.7 Å². The van der Waals surface area contributed by atoms with Gasteiger partial charge in [0.05, 0.1) is 6.10 Å². The monoisotopic (exact) mass is 362 g/mol. The SMILES string of the molecule is CC(NC1CCN(c2ccc(F)c(F)c2)CC1)C(O)c1ccc(O)cc1. The van der Waals surface area contributed by atoms with Gasteiger partial charge in [-0.25, -0.2) is 8.78 Å². The van der Waals surface area contributed by atoms with Crippen molar-refractivity contribution in [2.75, 3.05) is 18.0 Å². The van der Waals surface area contributed by atoms with E-state index in [-0.39, 0.29) is 17.8 Å².